The molecule has 5 heteroatoms. The molecule has 1 N–H and O–H groups in total. The summed E-state index contributed by atoms with van der Waals surface area (Å²) in [6.45, 7) is 3.33. The predicted octanol–water partition coefficient (Wildman–Crippen LogP) is 2.18. The van der Waals surface area contributed by atoms with Gasteiger partial charge in [-0.25, -0.2) is 0 Å². The lowest BCUT2D eigenvalue weighted by Gasteiger charge is -2.40. The molecule has 2 aliphatic rings. The van der Waals surface area contributed by atoms with Crippen molar-refractivity contribution in [1.29, 1.82) is 0 Å². The summed E-state index contributed by atoms with van der Waals surface area (Å²) in [4.78, 5) is 26.2. The van der Waals surface area contributed by atoms with Crippen LogP contribution in [0.15, 0.2) is 0 Å². The van der Waals surface area contributed by atoms with Crippen LogP contribution >= 0.6 is 11.8 Å². The van der Waals surface area contributed by atoms with E-state index < -0.39 is 0 Å². The van der Waals surface area contributed by atoms with Crippen LogP contribution < -0.4 is 5.32 Å². The molecule has 2 rings (SSSR count). The van der Waals surface area contributed by atoms with Gasteiger partial charge in [0, 0.05) is 24.3 Å². The van der Waals surface area contributed by atoms with Gasteiger partial charge in [0.1, 0.15) is 6.04 Å². The number of hydrogen-bond donors (Lipinski definition) is 1. The Morgan fingerprint density at radius 3 is 2.60 bits per heavy atom. The lowest BCUT2D eigenvalue weighted by atomic mass is 9.87. The first kappa shape index (κ1) is 15.7. The summed E-state index contributed by atoms with van der Waals surface area (Å²) in [7, 11) is 0. The van der Waals surface area contributed by atoms with Gasteiger partial charge in [0.2, 0.25) is 11.8 Å². The van der Waals surface area contributed by atoms with Gasteiger partial charge in [-0.1, -0.05) is 26.2 Å². The van der Waals surface area contributed by atoms with Crippen LogP contribution in [-0.4, -0.2) is 46.8 Å². The molecule has 0 bridgehead atoms. The molecule has 0 spiro atoms. The van der Waals surface area contributed by atoms with Gasteiger partial charge in [-0.3, -0.25) is 9.59 Å². The second kappa shape index (κ2) is 6.83. The van der Waals surface area contributed by atoms with Crippen molar-refractivity contribution in [2.75, 3.05) is 19.3 Å². The molecule has 0 aromatic rings. The highest BCUT2D eigenvalue weighted by atomic mass is 32.2. The molecular weight excluding hydrogens is 272 g/mol. The summed E-state index contributed by atoms with van der Waals surface area (Å²) < 4.78 is 0.208. The van der Waals surface area contributed by atoms with Crippen LogP contribution in [0.3, 0.4) is 0 Å². The zero-order chi connectivity index (χ0) is 14.6. The van der Waals surface area contributed by atoms with E-state index in [2.05, 4.69) is 11.6 Å². The van der Waals surface area contributed by atoms with Crippen LogP contribution in [0.5, 0.6) is 0 Å². The molecule has 1 heterocycles. The molecular formula is C15H26N2O2S. The van der Waals surface area contributed by atoms with Crippen molar-refractivity contribution < 1.29 is 9.59 Å². The standard InChI is InChI=1S/C15H26N2O2S/c1-3-12-14(19)17(10-7-13(18)16-12)11-15(20-2)8-5-4-6-9-15/h12H,3-11H2,1-2H3,(H,16,18). The maximum absolute atomic E-state index is 12.6. The van der Waals surface area contributed by atoms with Crippen molar-refractivity contribution in [1.82, 2.24) is 10.2 Å². The first-order chi connectivity index (χ1) is 9.60. The molecule has 114 valence electrons. The Hall–Kier alpha value is -0.710. The third kappa shape index (κ3) is 3.48. The Bertz CT molecular complexity index is 367. The van der Waals surface area contributed by atoms with Crippen molar-refractivity contribution in [3.8, 4) is 0 Å². The molecule has 1 aliphatic carbocycles. The van der Waals surface area contributed by atoms with Gasteiger partial charge >= 0.3 is 0 Å². The highest BCUT2D eigenvalue weighted by Crippen LogP contribution is 2.39. The van der Waals surface area contributed by atoms with Gasteiger partial charge in [-0.15, -0.1) is 0 Å². The van der Waals surface area contributed by atoms with E-state index in [1.165, 1.54) is 32.1 Å². The lowest BCUT2D eigenvalue weighted by Crippen LogP contribution is -2.49. The molecule has 0 aromatic carbocycles. The second-order valence-corrected chi connectivity index (χ2v) is 7.26. The molecule has 0 radical (unpaired) electrons. The van der Waals surface area contributed by atoms with E-state index in [9.17, 15) is 9.59 Å². The highest BCUT2D eigenvalue weighted by molar-refractivity contribution is 8.00. The second-order valence-electron chi connectivity index (χ2n) is 5.99. The molecule has 1 unspecified atom stereocenters. The van der Waals surface area contributed by atoms with E-state index in [1.807, 2.05) is 23.6 Å². The van der Waals surface area contributed by atoms with Gasteiger partial charge in [0.15, 0.2) is 0 Å². The minimum Gasteiger partial charge on any atom is -0.344 e. The average molecular weight is 298 g/mol. The number of nitrogens with one attached hydrogen (secondary N) is 1. The number of thioether (sulfide) groups is 1. The Morgan fingerprint density at radius 2 is 2.00 bits per heavy atom. The van der Waals surface area contributed by atoms with E-state index in [1.54, 1.807) is 0 Å². The maximum atomic E-state index is 12.6. The van der Waals surface area contributed by atoms with Crippen LogP contribution in [0, 0.1) is 0 Å². The monoisotopic (exact) mass is 298 g/mol. The number of carbonyl (C=O) groups excluding carboxylic acids is 2. The van der Waals surface area contributed by atoms with E-state index in [0.717, 1.165) is 6.54 Å². The van der Waals surface area contributed by atoms with Crippen molar-refractivity contribution in [2.45, 2.75) is 62.7 Å². The molecule has 0 aromatic heterocycles. The Labute approximate surface area is 126 Å². The fourth-order valence-electron chi connectivity index (χ4n) is 3.30. The predicted molar refractivity (Wildman–Crippen MR) is 82.7 cm³/mol. The Kier molecular flexibility index (Phi) is 5.35. The van der Waals surface area contributed by atoms with Gasteiger partial charge < -0.3 is 10.2 Å². The lowest BCUT2D eigenvalue weighted by molar-refractivity contribution is -0.134. The molecule has 1 saturated heterocycles. The summed E-state index contributed by atoms with van der Waals surface area (Å²) in [5.74, 6) is 0.117. The molecule has 1 aliphatic heterocycles. The number of nitrogens with zero attached hydrogens (tertiary/aromatic N) is 1. The van der Waals surface area contributed by atoms with Gasteiger partial charge in [0.05, 0.1) is 0 Å². The van der Waals surface area contributed by atoms with Crippen molar-refractivity contribution in [3.63, 3.8) is 0 Å². The summed E-state index contributed by atoms with van der Waals surface area (Å²) >= 11 is 1.91. The minimum absolute atomic E-state index is 0.00884. The van der Waals surface area contributed by atoms with E-state index >= 15 is 0 Å². The van der Waals surface area contributed by atoms with Gasteiger partial charge in [-0.2, -0.15) is 11.8 Å². The largest absolute Gasteiger partial charge is 0.344 e. The molecule has 2 amide bonds. The van der Waals surface area contributed by atoms with E-state index in [-0.39, 0.29) is 22.6 Å². The molecule has 20 heavy (non-hydrogen) atoms. The Morgan fingerprint density at radius 1 is 1.30 bits per heavy atom. The number of amides is 2. The topological polar surface area (TPSA) is 49.4 Å². The SMILES string of the molecule is CCC1NC(=O)CCN(CC2(SC)CCCCC2)C1=O. The Balaban J connectivity index is 2.09. The zero-order valence-electron chi connectivity index (χ0n) is 12.6. The highest BCUT2D eigenvalue weighted by Gasteiger charge is 2.37. The molecule has 2 fully saturated rings. The summed E-state index contributed by atoms with van der Waals surface area (Å²) in [6, 6.07) is -0.326. The molecule has 4 nitrogen and oxygen atoms in total. The van der Waals surface area contributed by atoms with Gasteiger partial charge in [0.25, 0.3) is 0 Å². The minimum atomic E-state index is -0.326. The summed E-state index contributed by atoms with van der Waals surface area (Å²) in [6.07, 6.45) is 9.49. The fourth-order valence-corrected chi connectivity index (χ4v) is 4.28. The summed E-state index contributed by atoms with van der Waals surface area (Å²) in [5, 5.41) is 2.84. The molecule has 1 atom stereocenters. The van der Waals surface area contributed by atoms with E-state index in [4.69, 9.17) is 0 Å². The number of hydrogen-bond acceptors (Lipinski definition) is 3. The van der Waals surface area contributed by atoms with Crippen molar-refractivity contribution in [2.24, 2.45) is 0 Å². The van der Waals surface area contributed by atoms with E-state index in [0.29, 0.717) is 19.4 Å². The normalized spacial score (nSPS) is 27.1. The third-order valence-corrected chi connectivity index (χ3v) is 6.04. The number of rotatable bonds is 4. The number of carbonyl (C=O) groups is 2. The van der Waals surface area contributed by atoms with Crippen LogP contribution in [0.1, 0.15) is 51.9 Å². The van der Waals surface area contributed by atoms with Crippen LogP contribution in [0.2, 0.25) is 0 Å². The van der Waals surface area contributed by atoms with Gasteiger partial charge in [-0.05, 0) is 25.5 Å². The first-order valence-corrected chi connectivity index (χ1v) is 8.96. The van der Waals surface area contributed by atoms with Crippen molar-refractivity contribution >= 4 is 23.6 Å². The molecule has 1 saturated carbocycles. The summed E-state index contributed by atoms with van der Waals surface area (Å²) in [5.41, 5.74) is 0. The quantitative estimate of drug-likeness (QED) is 0.865. The first-order valence-electron chi connectivity index (χ1n) is 7.73. The smallest absolute Gasteiger partial charge is 0.245 e. The fraction of sp³-hybridized carbons (Fsp3) is 0.867. The van der Waals surface area contributed by atoms with Crippen molar-refractivity contribution in [3.05, 3.63) is 0 Å². The van der Waals surface area contributed by atoms with Crippen LogP contribution in [0.4, 0.5) is 0 Å². The van der Waals surface area contributed by atoms with Crippen LogP contribution in [-0.2, 0) is 9.59 Å². The van der Waals surface area contributed by atoms with Crippen LogP contribution in [0.25, 0.3) is 0 Å². The zero-order valence-corrected chi connectivity index (χ0v) is 13.4. The third-order valence-electron chi connectivity index (χ3n) is 4.64. The maximum Gasteiger partial charge on any atom is 0.245 e. The average Bonchev–Trinajstić information content (AvgIpc) is 2.61.